The van der Waals surface area contributed by atoms with E-state index >= 15 is 0 Å². The monoisotopic (exact) mass is 302 g/mol. The molecule has 2 rings (SSSR count). The summed E-state index contributed by atoms with van der Waals surface area (Å²) < 4.78 is 2.11. The lowest BCUT2D eigenvalue weighted by Crippen LogP contribution is -2.21. The third kappa shape index (κ3) is 1.78. The lowest BCUT2D eigenvalue weighted by atomic mass is 10.3. The van der Waals surface area contributed by atoms with Crippen molar-refractivity contribution in [2.24, 2.45) is 0 Å². The van der Waals surface area contributed by atoms with Crippen molar-refractivity contribution in [3.8, 4) is 0 Å². The van der Waals surface area contributed by atoms with Crippen LogP contribution in [0, 0.1) is 0 Å². The van der Waals surface area contributed by atoms with E-state index in [1.807, 2.05) is 0 Å². The Labute approximate surface area is 105 Å². The van der Waals surface area contributed by atoms with E-state index in [0.29, 0.717) is 15.7 Å². The molecule has 2 heterocycles. The van der Waals surface area contributed by atoms with Gasteiger partial charge in [0.05, 0.1) is 17.3 Å². The fraction of sp³-hybridized carbons (Fsp3) is 0.222. The Morgan fingerprint density at radius 2 is 2.25 bits per heavy atom. The average Bonchev–Trinajstić information content (AvgIpc) is 2.55. The smallest absolute Gasteiger partial charge is 0.256 e. The Bertz CT molecular complexity index is 566. The van der Waals surface area contributed by atoms with Gasteiger partial charge in [0.15, 0.2) is 0 Å². The molecule has 84 valence electrons. The van der Waals surface area contributed by atoms with Gasteiger partial charge in [-0.3, -0.25) is 4.79 Å². The Balaban J connectivity index is 2.65. The van der Waals surface area contributed by atoms with Gasteiger partial charge in [0.2, 0.25) is 5.28 Å². The molecule has 5 nitrogen and oxygen atoms in total. The predicted molar refractivity (Wildman–Crippen MR) is 63.7 cm³/mol. The first-order chi connectivity index (χ1) is 7.50. The number of hydrogen-bond acceptors (Lipinski definition) is 3. The van der Waals surface area contributed by atoms with Crippen molar-refractivity contribution in [2.45, 2.75) is 0 Å². The molecule has 0 bridgehead atoms. The summed E-state index contributed by atoms with van der Waals surface area (Å²) >= 11 is 9.00. The molecular formula is C9H8BrClN4O. The van der Waals surface area contributed by atoms with Crippen molar-refractivity contribution in [3.63, 3.8) is 0 Å². The summed E-state index contributed by atoms with van der Waals surface area (Å²) in [5.74, 6) is -0.103. The standard InChI is InChI=1S/C9H8BrClN4O/c1-14(2)8(16)6-3-5-4-12-9(11)13-15(5)7(6)10/h3-4H,1-2H3. The molecule has 1 amide bonds. The zero-order chi connectivity index (χ0) is 11.9. The molecule has 7 heteroatoms. The van der Waals surface area contributed by atoms with Gasteiger partial charge in [0, 0.05) is 14.1 Å². The highest BCUT2D eigenvalue weighted by atomic mass is 79.9. The minimum atomic E-state index is -0.103. The van der Waals surface area contributed by atoms with Crippen LogP contribution in [0.25, 0.3) is 5.52 Å². The zero-order valence-corrected chi connectivity index (χ0v) is 10.9. The maximum absolute atomic E-state index is 11.8. The Morgan fingerprint density at radius 1 is 1.56 bits per heavy atom. The average molecular weight is 304 g/mol. The van der Waals surface area contributed by atoms with E-state index in [1.54, 1.807) is 26.4 Å². The third-order valence-electron chi connectivity index (χ3n) is 2.07. The summed E-state index contributed by atoms with van der Waals surface area (Å²) in [7, 11) is 3.38. The van der Waals surface area contributed by atoms with Crippen LogP contribution in [0.2, 0.25) is 5.28 Å². The first-order valence-corrected chi connectivity index (χ1v) is 5.59. The molecule has 0 aliphatic carbocycles. The SMILES string of the molecule is CN(C)C(=O)c1cc2cnc(Cl)nn2c1Br. The van der Waals surface area contributed by atoms with Crippen molar-refractivity contribution < 1.29 is 4.79 Å². The molecular weight excluding hydrogens is 295 g/mol. The van der Waals surface area contributed by atoms with Gasteiger partial charge in [0.25, 0.3) is 5.91 Å². The molecule has 0 saturated carbocycles. The maximum Gasteiger partial charge on any atom is 0.256 e. The summed E-state index contributed by atoms with van der Waals surface area (Å²) in [6.07, 6.45) is 1.56. The molecule has 0 atom stereocenters. The minimum Gasteiger partial charge on any atom is -0.345 e. The predicted octanol–water partition coefficient (Wildman–Crippen LogP) is 1.85. The quantitative estimate of drug-likeness (QED) is 0.808. The van der Waals surface area contributed by atoms with Crippen molar-refractivity contribution >= 4 is 39.0 Å². The third-order valence-corrected chi connectivity index (χ3v) is 3.00. The molecule has 0 aliphatic heterocycles. The number of halogens is 2. The van der Waals surface area contributed by atoms with Crippen LogP contribution in [0.5, 0.6) is 0 Å². The summed E-state index contributed by atoms with van der Waals surface area (Å²) in [6, 6.07) is 1.71. The van der Waals surface area contributed by atoms with E-state index in [-0.39, 0.29) is 11.2 Å². The molecule has 2 aromatic heterocycles. The normalized spacial score (nSPS) is 10.8. The topological polar surface area (TPSA) is 50.5 Å². The Kier molecular flexibility index (Phi) is 2.86. The highest BCUT2D eigenvalue weighted by Gasteiger charge is 2.17. The largest absolute Gasteiger partial charge is 0.345 e. The fourth-order valence-corrected chi connectivity index (χ4v) is 2.00. The maximum atomic E-state index is 11.8. The van der Waals surface area contributed by atoms with Gasteiger partial charge >= 0.3 is 0 Å². The lowest BCUT2D eigenvalue weighted by molar-refractivity contribution is 0.0826. The van der Waals surface area contributed by atoms with Crippen molar-refractivity contribution in [3.05, 3.63) is 27.7 Å². The van der Waals surface area contributed by atoms with Gasteiger partial charge in [-0.25, -0.2) is 9.50 Å². The van der Waals surface area contributed by atoms with Gasteiger partial charge in [-0.2, -0.15) is 0 Å². The molecule has 16 heavy (non-hydrogen) atoms. The number of hydrogen-bond donors (Lipinski definition) is 0. The summed E-state index contributed by atoms with van der Waals surface area (Å²) in [6.45, 7) is 0. The van der Waals surface area contributed by atoms with Crippen molar-refractivity contribution in [1.82, 2.24) is 19.5 Å². The first-order valence-electron chi connectivity index (χ1n) is 4.42. The summed E-state index contributed by atoms with van der Waals surface area (Å²) in [5.41, 5.74) is 1.24. The van der Waals surface area contributed by atoms with Crippen LogP contribution in [-0.4, -0.2) is 39.5 Å². The van der Waals surface area contributed by atoms with Crippen molar-refractivity contribution in [1.29, 1.82) is 0 Å². The second-order valence-corrected chi connectivity index (χ2v) is 4.50. The van der Waals surface area contributed by atoms with E-state index in [0.717, 1.165) is 0 Å². The van der Waals surface area contributed by atoms with Crippen LogP contribution in [0.1, 0.15) is 10.4 Å². The molecule has 0 N–H and O–H groups in total. The van der Waals surface area contributed by atoms with E-state index < -0.39 is 0 Å². The van der Waals surface area contributed by atoms with Gasteiger partial charge in [-0.15, -0.1) is 5.10 Å². The lowest BCUT2D eigenvalue weighted by Gasteiger charge is -2.08. The molecule has 0 aromatic carbocycles. The number of carbonyl (C=O) groups excluding carboxylic acids is 1. The van der Waals surface area contributed by atoms with Crippen LogP contribution in [0.3, 0.4) is 0 Å². The van der Waals surface area contributed by atoms with Gasteiger partial charge in [-0.05, 0) is 33.6 Å². The Hall–Kier alpha value is -1.14. The second kappa shape index (κ2) is 4.03. The summed E-state index contributed by atoms with van der Waals surface area (Å²) in [4.78, 5) is 17.2. The van der Waals surface area contributed by atoms with Crippen LogP contribution in [0.15, 0.2) is 16.9 Å². The fourth-order valence-electron chi connectivity index (χ4n) is 1.31. The van der Waals surface area contributed by atoms with E-state index in [2.05, 4.69) is 26.0 Å². The van der Waals surface area contributed by atoms with Crippen molar-refractivity contribution in [2.75, 3.05) is 14.1 Å². The van der Waals surface area contributed by atoms with Gasteiger partial charge in [0.1, 0.15) is 4.60 Å². The molecule has 0 aliphatic rings. The first kappa shape index (κ1) is 11.3. The highest BCUT2D eigenvalue weighted by Crippen LogP contribution is 2.22. The molecule has 0 radical (unpaired) electrons. The number of rotatable bonds is 1. The van der Waals surface area contributed by atoms with Crippen LogP contribution in [0.4, 0.5) is 0 Å². The van der Waals surface area contributed by atoms with Gasteiger partial charge < -0.3 is 4.90 Å². The number of carbonyl (C=O) groups is 1. The molecule has 0 saturated heterocycles. The zero-order valence-electron chi connectivity index (χ0n) is 8.61. The van der Waals surface area contributed by atoms with Crippen LogP contribution >= 0.6 is 27.5 Å². The highest BCUT2D eigenvalue weighted by molar-refractivity contribution is 9.10. The van der Waals surface area contributed by atoms with E-state index in [1.165, 1.54) is 9.42 Å². The van der Waals surface area contributed by atoms with E-state index in [9.17, 15) is 4.79 Å². The van der Waals surface area contributed by atoms with Crippen LogP contribution in [-0.2, 0) is 0 Å². The second-order valence-electron chi connectivity index (χ2n) is 3.41. The number of amides is 1. The molecule has 2 aromatic rings. The molecule has 0 spiro atoms. The number of aromatic nitrogens is 3. The molecule has 0 fully saturated rings. The minimum absolute atomic E-state index is 0.103. The van der Waals surface area contributed by atoms with Gasteiger partial charge in [-0.1, -0.05) is 0 Å². The number of nitrogens with zero attached hydrogens (tertiary/aromatic N) is 4. The molecule has 0 unspecified atom stereocenters. The summed E-state index contributed by atoms with van der Waals surface area (Å²) in [5, 5.41) is 4.12. The van der Waals surface area contributed by atoms with E-state index in [4.69, 9.17) is 11.6 Å². The Morgan fingerprint density at radius 3 is 2.88 bits per heavy atom. The number of fused-ring (bicyclic) bond motifs is 1. The van der Waals surface area contributed by atoms with Crippen LogP contribution < -0.4 is 0 Å².